The molecule has 0 saturated carbocycles. The van der Waals surface area contributed by atoms with E-state index in [9.17, 15) is 14.9 Å². The van der Waals surface area contributed by atoms with Crippen molar-refractivity contribution in [2.45, 2.75) is 19.9 Å². The molecule has 0 saturated heterocycles. The predicted octanol–water partition coefficient (Wildman–Crippen LogP) is 2.92. The first kappa shape index (κ1) is 17.3. The number of carbonyl (C=O) groups is 2. The van der Waals surface area contributed by atoms with Gasteiger partial charge in [-0.15, -0.1) is 0 Å². The van der Waals surface area contributed by atoms with Crippen molar-refractivity contribution < 1.29 is 19.6 Å². The number of nitrogens with two attached hydrogens (primary N) is 1. The minimum absolute atomic E-state index is 0.0719. The highest BCUT2D eigenvalue weighted by atomic mass is 16.6. The topological polar surface area (TPSA) is 124 Å². The number of carboxylic acids is 1. The highest BCUT2D eigenvalue weighted by molar-refractivity contribution is 6.22. The van der Waals surface area contributed by atoms with Crippen molar-refractivity contribution in [3.05, 3.63) is 63.2 Å². The smallest absolute Gasteiger partial charge is 0.300 e. The van der Waals surface area contributed by atoms with E-state index in [2.05, 4.69) is 0 Å². The number of non-ortho nitro benzene ring substituents is 1. The molecular weight excluding hydrogens is 312 g/mol. The molecule has 0 amide bonds. The Bertz CT molecular complexity index is 839. The Morgan fingerprint density at radius 2 is 1.62 bits per heavy atom. The third-order valence-corrected chi connectivity index (χ3v) is 3.56. The molecule has 0 aliphatic heterocycles. The molecule has 3 N–H and O–H groups in total. The number of rotatable bonds is 2. The fourth-order valence-corrected chi connectivity index (χ4v) is 2.48. The van der Waals surface area contributed by atoms with Crippen LogP contribution in [0.3, 0.4) is 0 Å². The van der Waals surface area contributed by atoms with Gasteiger partial charge in [0, 0.05) is 36.2 Å². The molecule has 0 radical (unpaired) electrons. The summed E-state index contributed by atoms with van der Waals surface area (Å²) < 4.78 is 0. The first-order valence-corrected chi connectivity index (χ1v) is 7.15. The van der Waals surface area contributed by atoms with Gasteiger partial charge in [-0.1, -0.05) is 12.1 Å². The van der Waals surface area contributed by atoms with E-state index in [0.29, 0.717) is 11.1 Å². The predicted molar refractivity (Wildman–Crippen MR) is 87.9 cm³/mol. The SMILES string of the molecule is CC(=O)O.CC(N)c1ccc2c(c1)C(=O)c1cc([N+](=O)[O-])ccc1-2. The largest absolute Gasteiger partial charge is 0.481 e. The summed E-state index contributed by atoms with van der Waals surface area (Å²) in [5.74, 6) is -1.01. The minimum Gasteiger partial charge on any atom is -0.481 e. The third kappa shape index (κ3) is 3.31. The number of aliphatic carboxylic acids is 1. The summed E-state index contributed by atoms with van der Waals surface area (Å²) in [7, 11) is 0. The lowest BCUT2D eigenvalue weighted by Gasteiger charge is -2.07. The van der Waals surface area contributed by atoms with E-state index in [1.165, 1.54) is 12.1 Å². The second-order valence-electron chi connectivity index (χ2n) is 5.43. The van der Waals surface area contributed by atoms with E-state index in [4.69, 9.17) is 15.6 Å². The number of carbonyl (C=O) groups excluding carboxylic acids is 1. The summed E-state index contributed by atoms with van der Waals surface area (Å²) >= 11 is 0. The van der Waals surface area contributed by atoms with Gasteiger partial charge in [-0.25, -0.2) is 0 Å². The Balaban J connectivity index is 0.000000471. The van der Waals surface area contributed by atoms with Gasteiger partial charge in [-0.05, 0) is 35.7 Å². The molecule has 0 heterocycles. The standard InChI is InChI=1S/C15H12N2O3.C2H4O2/c1-8(16)9-2-4-11-12-5-3-10(17(19)20)7-14(12)15(18)13(11)6-9;1-2(3)4/h2-8H,16H2,1H3;1H3,(H,3,4). The van der Waals surface area contributed by atoms with Crippen LogP contribution in [0.2, 0.25) is 0 Å². The molecule has 0 bridgehead atoms. The third-order valence-electron chi connectivity index (χ3n) is 3.56. The monoisotopic (exact) mass is 328 g/mol. The maximum Gasteiger partial charge on any atom is 0.300 e. The zero-order valence-electron chi connectivity index (χ0n) is 13.1. The Morgan fingerprint density at radius 3 is 2.12 bits per heavy atom. The van der Waals surface area contributed by atoms with Gasteiger partial charge in [0.05, 0.1) is 4.92 Å². The number of carboxylic acid groups (broad SMARTS) is 1. The summed E-state index contributed by atoms with van der Waals surface area (Å²) in [5, 5.41) is 18.2. The van der Waals surface area contributed by atoms with Crippen molar-refractivity contribution in [1.82, 2.24) is 0 Å². The van der Waals surface area contributed by atoms with Crippen LogP contribution >= 0.6 is 0 Å². The molecule has 2 aromatic carbocycles. The van der Waals surface area contributed by atoms with Gasteiger partial charge >= 0.3 is 0 Å². The lowest BCUT2D eigenvalue weighted by atomic mass is 10.0. The van der Waals surface area contributed by atoms with Crippen LogP contribution in [0.25, 0.3) is 11.1 Å². The average molecular weight is 328 g/mol. The summed E-state index contributed by atoms with van der Waals surface area (Å²) in [6.45, 7) is 2.93. The maximum absolute atomic E-state index is 12.4. The van der Waals surface area contributed by atoms with Crippen LogP contribution in [0.15, 0.2) is 36.4 Å². The number of nitrogens with zero attached hydrogens (tertiary/aromatic N) is 1. The van der Waals surface area contributed by atoms with Crippen LogP contribution in [0.4, 0.5) is 5.69 Å². The Hall–Kier alpha value is -3.06. The van der Waals surface area contributed by atoms with Gasteiger partial charge in [0.2, 0.25) is 0 Å². The van der Waals surface area contributed by atoms with Gasteiger partial charge in [0.25, 0.3) is 11.7 Å². The maximum atomic E-state index is 12.4. The first-order valence-electron chi connectivity index (χ1n) is 7.15. The van der Waals surface area contributed by atoms with Gasteiger partial charge in [0.15, 0.2) is 5.78 Å². The highest BCUT2D eigenvalue weighted by Crippen LogP contribution is 2.39. The summed E-state index contributed by atoms with van der Waals surface area (Å²) in [4.78, 5) is 31.7. The van der Waals surface area contributed by atoms with Crippen molar-refractivity contribution in [2.24, 2.45) is 5.73 Å². The van der Waals surface area contributed by atoms with Crippen LogP contribution in [0, 0.1) is 10.1 Å². The fourth-order valence-electron chi connectivity index (χ4n) is 2.48. The van der Waals surface area contributed by atoms with Crippen molar-refractivity contribution in [3.8, 4) is 11.1 Å². The van der Waals surface area contributed by atoms with E-state index in [0.717, 1.165) is 23.6 Å². The molecule has 1 aliphatic carbocycles. The summed E-state index contributed by atoms with van der Waals surface area (Å²) in [5.41, 5.74) is 9.13. The molecule has 2 aromatic rings. The molecule has 7 heteroatoms. The molecule has 3 rings (SSSR count). The van der Waals surface area contributed by atoms with Crippen molar-refractivity contribution in [1.29, 1.82) is 0 Å². The molecule has 7 nitrogen and oxygen atoms in total. The number of nitro benzene ring substituents is 1. The molecule has 0 spiro atoms. The van der Waals surface area contributed by atoms with Crippen molar-refractivity contribution in [3.63, 3.8) is 0 Å². The molecule has 1 aliphatic rings. The van der Waals surface area contributed by atoms with Crippen LogP contribution in [0.1, 0.15) is 41.4 Å². The van der Waals surface area contributed by atoms with Crippen LogP contribution in [-0.2, 0) is 4.79 Å². The second-order valence-corrected chi connectivity index (χ2v) is 5.43. The number of hydrogen-bond acceptors (Lipinski definition) is 5. The van der Waals surface area contributed by atoms with E-state index in [1.807, 2.05) is 19.1 Å². The quantitative estimate of drug-likeness (QED) is 0.550. The van der Waals surface area contributed by atoms with E-state index < -0.39 is 10.9 Å². The molecule has 124 valence electrons. The molecule has 0 fully saturated rings. The minimum atomic E-state index is -0.833. The van der Waals surface area contributed by atoms with Gasteiger partial charge in [-0.2, -0.15) is 0 Å². The Morgan fingerprint density at radius 1 is 1.12 bits per heavy atom. The Kier molecular flexibility index (Phi) is 4.75. The number of hydrogen-bond donors (Lipinski definition) is 2. The average Bonchev–Trinajstić information content (AvgIpc) is 2.79. The molecule has 1 atom stereocenters. The number of ketones is 1. The van der Waals surface area contributed by atoms with Crippen LogP contribution < -0.4 is 5.73 Å². The normalized spacial score (nSPS) is 12.5. The number of nitro groups is 1. The highest BCUT2D eigenvalue weighted by Gasteiger charge is 2.28. The van der Waals surface area contributed by atoms with Crippen molar-refractivity contribution in [2.75, 3.05) is 0 Å². The van der Waals surface area contributed by atoms with Gasteiger partial charge in [0.1, 0.15) is 0 Å². The van der Waals surface area contributed by atoms with Gasteiger partial charge < -0.3 is 10.8 Å². The lowest BCUT2D eigenvalue weighted by molar-refractivity contribution is -0.384. The summed E-state index contributed by atoms with van der Waals surface area (Å²) in [6, 6.07) is 9.73. The molecule has 24 heavy (non-hydrogen) atoms. The Labute approximate surface area is 137 Å². The molecule has 0 aromatic heterocycles. The second kappa shape index (κ2) is 6.59. The molecule has 1 unspecified atom stereocenters. The fraction of sp³-hybridized carbons (Fsp3) is 0.176. The van der Waals surface area contributed by atoms with E-state index in [1.54, 1.807) is 12.1 Å². The number of benzene rings is 2. The zero-order valence-corrected chi connectivity index (χ0v) is 13.1. The molecular formula is C17H16N2O5. The van der Waals surface area contributed by atoms with E-state index in [-0.39, 0.29) is 17.5 Å². The zero-order chi connectivity index (χ0) is 18.0. The lowest BCUT2D eigenvalue weighted by Crippen LogP contribution is -2.06. The van der Waals surface area contributed by atoms with Gasteiger partial charge in [-0.3, -0.25) is 19.7 Å². The number of fused-ring (bicyclic) bond motifs is 3. The summed E-state index contributed by atoms with van der Waals surface area (Å²) in [6.07, 6.45) is 0. The van der Waals surface area contributed by atoms with E-state index >= 15 is 0 Å². The first-order chi connectivity index (χ1) is 11.2. The van der Waals surface area contributed by atoms with Crippen molar-refractivity contribution >= 4 is 17.4 Å². The van der Waals surface area contributed by atoms with Crippen LogP contribution in [0.5, 0.6) is 0 Å². The van der Waals surface area contributed by atoms with Crippen LogP contribution in [-0.4, -0.2) is 21.8 Å².